The van der Waals surface area contributed by atoms with E-state index in [1.165, 1.54) is 0 Å². The lowest BCUT2D eigenvalue weighted by molar-refractivity contribution is 0.447. The van der Waals surface area contributed by atoms with Crippen molar-refractivity contribution < 1.29 is 17.7 Å². The Morgan fingerprint density at radius 1 is 0.950 bits per heavy atom. The fourth-order valence-electron chi connectivity index (χ4n) is 2.69. The fourth-order valence-corrected chi connectivity index (χ4v) is 2.69. The average Bonchev–Trinajstić information content (AvgIpc) is 3.09. The first kappa shape index (κ1) is 11.5. The van der Waals surface area contributed by atoms with E-state index in [1.807, 2.05) is 26.8 Å². The first-order valence-corrected chi connectivity index (χ1v) is 6.56. The molecule has 0 aliphatic carbocycles. The third-order valence-electron chi connectivity index (χ3n) is 3.71. The molecule has 4 nitrogen and oxygen atoms in total. The van der Waals surface area contributed by atoms with Crippen molar-refractivity contribution in [2.45, 2.75) is 27.2 Å². The Bertz CT molecular complexity index is 913. The molecule has 0 aliphatic heterocycles. The van der Waals surface area contributed by atoms with E-state index < -0.39 is 0 Å². The van der Waals surface area contributed by atoms with Crippen molar-refractivity contribution in [1.82, 2.24) is 0 Å². The lowest BCUT2D eigenvalue weighted by atomic mass is 10.1. The number of hydrogen-bond donors (Lipinski definition) is 0. The second kappa shape index (κ2) is 3.82. The van der Waals surface area contributed by atoms with Gasteiger partial charge in [0, 0.05) is 23.1 Å². The van der Waals surface area contributed by atoms with E-state index in [4.69, 9.17) is 17.7 Å². The van der Waals surface area contributed by atoms with Crippen LogP contribution in [0.5, 0.6) is 0 Å². The maximum atomic E-state index is 5.66. The van der Waals surface area contributed by atoms with Gasteiger partial charge in [0.15, 0.2) is 11.2 Å². The van der Waals surface area contributed by atoms with Crippen LogP contribution in [-0.4, -0.2) is 0 Å². The zero-order chi connectivity index (χ0) is 13.9. The van der Waals surface area contributed by atoms with Gasteiger partial charge >= 0.3 is 0 Å². The molecule has 0 aliphatic rings. The smallest absolute Gasteiger partial charge is 0.297 e. The van der Waals surface area contributed by atoms with Gasteiger partial charge in [-0.3, -0.25) is 0 Å². The van der Waals surface area contributed by atoms with Crippen LogP contribution in [0.3, 0.4) is 0 Å². The van der Waals surface area contributed by atoms with Crippen LogP contribution in [0.25, 0.3) is 22.3 Å². The van der Waals surface area contributed by atoms with Crippen LogP contribution >= 0.6 is 0 Å². The molecule has 0 amide bonds. The van der Waals surface area contributed by atoms with E-state index in [1.54, 1.807) is 12.5 Å². The Balaban J connectivity index is 1.85. The van der Waals surface area contributed by atoms with E-state index in [-0.39, 0.29) is 0 Å². The van der Waals surface area contributed by atoms with Crippen molar-refractivity contribution in [3.63, 3.8) is 0 Å². The molecule has 0 bridgehead atoms. The van der Waals surface area contributed by atoms with E-state index in [2.05, 4.69) is 0 Å². The van der Waals surface area contributed by atoms with Crippen LogP contribution in [-0.2, 0) is 6.42 Å². The first-order valence-electron chi connectivity index (χ1n) is 6.56. The van der Waals surface area contributed by atoms with Gasteiger partial charge in [-0.2, -0.15) is 0 Å². The van der Waals surface area contributed by atoms with Crippen LogP contribution in [0.4, 0.5) is 0 Å². The molecule has 4 rings (SSSR count). The fraction of sp³-hybridized carbons (Fsp3) is 0.250. The molecule has 0 saturated heterocycles. The van der Waals surface area contributed by atoms with Crippen LogP contribution in [0.2, 0.25) is 0 Å². The van der Waals surface area contributed by atoms with Gasteiger partial charge in [-0.05, 0) is 26.8 Å². The summed E-state index contributed by atoms with van der Waals surface area (Å²) < 4.78 is 22.3. The molecule has 4 heteroatoms. The Labute approximate surface area is 114 Å². The van der Waals surface area contributed by atoms with Gasteiger partial charge in [0.25, 0.3) is 5.78 Å². The molecule has 0 saturated carbocycles. The molecule has 0 N–H and O–H groups in total. The second-order valence-corrected chi connectivity index (χ2v) is 5.21. The number of fused-ring (bicyclic) bond motifs is 2. The van der Waals surface area contributed by atoms with E-state index in [0.717, 1.165) is 44.8 Å². The van der Waals surface area contributed by atoms with Crippen LogP contribution in [0, 0.1) is 20.8 Å². The number of rotatable bonds is 2. The lowest BCUT2D eigenvalue weighted by Crippen LogP contribution is -1.86. The van der Waals surface area contributed by atoms with Crippen molar-refractivity contribution >= 4 is 22.3 Å². The standard InChI is InChI=1S/C16H14O4/c1-8-6-17-15-11(7-18-14(8)15)5-12-10(3)20-16-13(12)4-9(2)19-16/h4,6-7H,5H2,1-3H3. The topological polar surface area (TPSA) is 52.6 Å². The van der Waals surface area contributed by atoms with Crippen molar-refractivity contribution in [2.75, 3.05) is 0 Å². The van der Waals surface area contributed by atoms with Gasteiger partial charge in [0.2, 0.25) is 0 Å². The summed E-state index contributed by atoms with van der Waals surface area (Å²) in [4.78, 5) is 0. The minimum Gasteiger partial charge on any atom is -0.460 e. The predicted octanol–water partition coefficient (Wildman–Crippen LogP) is 4.88. The summed E-state index contributed by atoms with van der Waals surface area (Å²) in [6.45, 7) is 5.84. The Hall–Kier alpha value is -2.36. The molecule has 0 fully saturated rings. The van der Waals surface area contributed by atoms with Gasteiger partial charge in [0.1, 0.15) is 11.5 Å². The van der Waals surface area contributed by atoms with Gasteiger partial charge in [-0.1, -0.05) is 0 Å². The summed E-state index contributed by atoms with van der Waals surface area (Å²) in [6, 6.07) is 2.01. The highest BCUT2D eigenvalue weighted by Gasteiger charge is 2.19. The monoisotopic (exact) mass is 270 g/mol. The molecule has 0 atom stereocenters. The second-order valence-electron chi connectivity index (χ2n) is 5.21. The quantitative estimate of drug-likeness (QED) is 0.521. The Kier molecular flexibility index (Phi) is 2.19. The minimum atomic E-state index is 0.588. The summed E-state index contributed by atoms with van der Waals surface area (Å²) in [5.74, 6) is 2.31. The summed E-state index contributed by atoms with van der Waals surface area (Å²) in [5, 5.41) is 1.03. The van der Waals surface area contributed by atoms with E-state index >= 15 is 0 Å². The molecule has 4 heterocycles. The summed E-state index contributed by atoms with van der Waals surface area (Å²) in [7, 11) is 0. The summed E-state index contributed by atoms with van der Waals surface area (Å²) in [6.07, 6.45) is 4.18. The molecule has 102 valence electrons. The van der Waals surface area contributed by atoms with Crippen LogP contribution in [0.15, 0.2) is 36.3 Å². The van der Waals surface area contributed by atoms with Gasteiger partial charge < -0.3 is 17.7 Å². The molecule has 4 aromatic rings. The van der Waals surface area contributed by atoms with Crippen LogP contribution < -0.4 is 0 Å². The molecule has 0 spiro atoms. The molecule has 20 heavy (non-hydrogen) atoms. The maximum absolute atomic E-state index is 5.66. The summed E-state index contributed by atoms with van der Waals surface area (Å²) in [5.41, 5.74) is 4.79. The molecular weight excluding hydrogens is 256 g/mol. The summed E-state index contributed by atoms with van der Waals surface area (Å²) >= 11 is 0. The zero-order valence-electron chi connectivity index (χ0n) is 11.6. The highest BCUT2D eigenvalue weighted by Crippen LogP contribution is 2.33. The van der Waals surface area contributed by atoms with E-state index in [9.17, 15) is 0 Å². The predicted molar refractivity (Wildman–Crippen MR) is 74.0 cm³/mol. The normalized spacial score (nSPS) is 11.9. The maximum Gasteiger partial charge on any atom is 0.297 e. The van der Waals surface area contributed by atoms with Gasteiger partial charge in [-0.25, -0.2) is 0 Å². The molecule has 0 aromatic carbocycles. The van der Waals surface area contributed by atoms with Crippen molar-refractivity contribution in [3.8, 4) is 0 Å². The largest absolute Gasteiger partial charge is 0.460 e. The zero-order valence-corrected chi connectivity index (χ0v) is 11.6. The number of hydrogen-bond acceptors (Lipinski definition) is 4. The highest BCUT2D eigenvalue weighted by molar-refractivity contribution is 5.82. The first-order chi connectivity index (χ1) is 9.63. The van der Waals surface area contributed by atoms with Gasteiger partial charge in [0.05, 0.1) is 17.9 Å². The lowest BCUT2D eigenvalue weighted by Gasteiger charge is -1.96. The molecular formula is C16H14O4. The third kappa shape index (κ3) is 1.48. The molecule has 0 radical (unpaired) electrons. The number of furan rings is 4. The number of aryl methyl sites for hydroxylation is 3. The van der Waals surface area contributed by atoms with E-state index in [0.29, 0.717) is 12.2 Å². The SMILES string of the molecule is Cc1cc2c(Cc3coc4c(C)coc34)c(C)oc2o1. The molecule has 4 aromatic heterocycles. The van der Waals surface area contributed by atoms with Crippen molar-refractivity contribution in [2.24, 2.45) is 0 Å². The van der Waals surface area contributed by atoms with Gasteiger partial charge in [-0.15, -0.1) is 0 Å². The van der Waals surface area contributed by atoms with Crippen molar-refractivity contribution in [3.05, 3.63) is 46.8 Å². The Morgan fingerprint density at radius 3 is 2.60 bits per heavy atom. The Morgan fingerprint density at radius 2 is 1.75 bits per heavy atom. The minimum absolute atomic E-state index is 0.588. The third-order valence-corrected chi connectivity index (χ3v) is 3.71. The van der Waals surface area contributed by atoms with Crippen molar-refractivity contribution in [1.29, 1.82) is 0 Å². The molecule has 0 unspecified atom stereocenters. The average molecular weight is 270 g/mol. The van der Waals surface area contributed by atoms with Crippen LogP contribution in [0.1, 0.15) is 28.2 Å². The highest BCUT2D eigenvalue weighted by atomic mass is 16.5.